The minimum absolute atomic E-state index is 0. The van der Waals surface area contributed by atoms with Crippen molar-refractivity contribution >= 4 is 19.3 Å². The molecule has 0 amide bonds. The fourth-order valence-corrected chi connectivity index (χ4v) is 11.1. The molecule has 0 spiro atoms. The molecule has 1 nitrogen and oxygen atoms in total. The smallest absolute Gasteiger partial charge is 1.00 e. The van der Waals surface area contributed by atoms with Crippen LogP contribution in [-0.2, 0) is 31.1 Å². The van der Waals surface area contributed by atoms with Crippen molar-refractivity contribution in [1.82, 2.24) is 0 Å². The van der Waals surface area contributed by atoms with Crippen LogP contribution >= 0.6 is 0 Å². The molecule has 1 aromatic heterocycles. The van der Waals surface area contributed by atoms with Gasteiger partial charge in [0.15, 0.2) is 0 Å². The number of hydrogen-bond donors (Lipinski definition) is 0. The molecule has 2 aliphatic heterocycles. The van der Waals surface area contributed by atoms with Crippen molar-refractivity contribution in [3.8, 4) is 11.1 Å². The Balaban J connectivity index is 0.000000190. The maximum atomic E-state index is 5.76. The van der Waals surface area contributed by atoms with Crippen LogP contribution in [-0.4, -0.2) is 8.07 Å². The van der Waals surface area contributed by atoms with Crippen LogP contribution in [0, 0.1) is 6.92 Å². The van der Waals surface area contributed by atoms with Crippen molar-refractivity contribution < 1.29 is 54.0 Å². The van der Waals surface area contributed by atoms with Crippen molar-refractivity contribution in [2.75, 3.05) is 0 Å². The zero-order chi connectivity index (χ0) is 22.8. The van der Waals surface area contributed by atoms with Crippen molar-refractivity contribution in [1.29, 1.82) is 0 Å². The molecule has 0 fully saturated rings. The standard InChI is InChI=1S/C18H17.C11H14OSi.2ClH.Zr/c1-3-14-7-9-15(10-8-14)17-6-4-5-16-11-13(2)12-18(16)17;1-6-5-8-9(12-6)11-7(2)10(8)13(11,3)4;;;/h4-12H,3H2,1-2H3;5,10H,1-4H3;2*1H;/q;;;;+2/p-2. The molecule has 2 atom stereocenters. The van der Waals surface area contributed by atoms with E-state index < -0.39 is 8.07 Å². The third-order valence-electron chi connectivity index (χ3n) is 7.57. The van der Waals surface area contributed by atoms with Gasteiger partial charge < -0.3 is 29.2 Å². The fourth-order valence-electron chi connectivity index (χ4n) is 6.02. The van der Waals surface area contributed by atoms with Gasteiger partial charge in [-0.05, 0) is 25.1 Å². The first kappa shape index (κ1) is 27.5. The monoisotopic (exact) mass is 583 g/mol. The van der Waals surface area contributed by atoms with Crippen LogP contribution in [0.1, 0.15) is 63.7 Å². The van der Waals surface area contributed by atoms with E-state index in [1.165, 1.54) is 44.7 Å². The largest absolute Gasteiger partial charge is 1.00 e. The summed E-state index contributed by atoms with van der Waals surface area (Å²) in [4.78, 5) is 0. The number of halogens is 2. The number of furan rings is 1. The molecule has 0 N–H and O–H groups in total. The van der Waals surface area contributed by atoms with Crippen LogP contribution in [0.15, 0.2) is 64.1 Å². The summed E-state index contributed by atoms with van der Waals surface area (Å²) in [6.07, 6.45) is 3.48. The predicted molar refractivity (Wildman–Crippen MR) is 134 cm³/mol. The average Bonchev–Trinajstić information content (AvgIpc) is 3.42. The molecular formula is C29H31Cl2OSiZr. The zero-order valence-electron chi connectivity index (χ0n) is 20.7. The Hall–Kier alpha value is -1.12. The maximum absolute atomic E-state index is 5.76. The number of benzene rings is 2. The first-order chi connectivity index (χ1) is 15.2. The van der Waals surface area contributed by atoms with E-state index in [1.807, 2.05) is 6.92 Å². The van der Waals surface area contributed by atoms with E-state index in [2.05, 4.69) is 88.5 Å². The van der Waals surface area contributed by atoms with Gasteiger partial charge in [0.1, 0.15) is 11.5 Å². The number of allylic oxidation sites excluding steroid dienone is 2. The summed E-state index contributed by atoms with van der Waals surface area (Å²) in [7, 11) is -1.10. The normalized spacial score (nSPS) is 20.2. The van der Waals surface area contributed by atoms with Gasteiger partial charge in [0.25, 0.3) is 0 Å². The van der Waals surface area contributed by atoms with Gasteiger partial charge in [-0.3, -0.25) is 0 Å². The molecular weight excluding hydrogens is 555 g/mol. The Labute approximate surface area is 232 Å². The number of fused-ring (bicyclic) bond motifs is 1. The summed E-state index contributed by atoms with van der Waals surface area (Å²) >= 11 is 1.59. The first-order valence-electron chi connectivity index (χ1n) is 11.7. The second kappa shape index (κ2) is 10.1. The molecule has 0 saturated heterocycles. The van der Waals surface area contributed by atoms with E-state index in [0.717, 1.165) is 17.7 Å². The van der Waals surface area contributed by atoms with Crippen LogP contribution in [0.3, 0.4) is 0 Å². The van der Waals surface area contributed by atoms with Gasteiger partial charge in [-0.15, -0.1) is 0 Å². The van der Waals surface area contributed by atoms with E-state index in [0.29, 0.717) is 3.63 Å². The molecule has 3 heterocycles. The molecule has 2 unspecified atom stereocenters. The van der Waals surface area contributed by atoms with Crippen LogP contribution in [0.4, 0.5) is 0 Å². The summed E-state index contributed by atoms with van der Waals surface area (Å²) in [6, 6.07) is 18.0. The number of hydrogen-bond acceptors (Lipinski definition) is 1. The summed E-state index contributed by atoms with van der Waals surface area (Å²) in [6.45, 7) is 13.7. The van der Waals surface area contributed by atoms with Crippen molar-refractivity contribution in [2.24, 2.45) is 0 Å². The van der Waals surface area contributed by atoms with Gasteiger partial charge in [0.2, 0.25) is 0 Å². The minimum Gasteiger partial charge on any atom is -1.00 e. The molecule has 5 heteroatoms. The average molecular weight is 586 g/mol. The molecule has 2 aliphatic carbocycles. The van der Waals surface area contributed by atoms with Crippen molar-refractivity contribution in [3.63, 3.8) is 0 Å². The maximum Gasteiger partial charge on any atom is -1.00 e. The van der Waals surface area contributed by atoms with E-state index in [4.69, 9.17) is 4.42 Å². The van der Waals surface area contributed by atoms with Crippen LogP contribution in [0.25, 0.3) is 22.4 Å². The van der Waals surface area contributed by atoms with E-state index in [9.17, 15) is 0 Å². The SMILES string of the molecule is CC1=C2c3oc(C)cc3C1[Si]2(C)C.CCc1ccc(-c2cccc3c2C=C(C)[CH]3[Zr+2])cc1.[Cl-].[Cl-]. The van der Waals surface area contributed by atoms with Gasteiger partial charge in [-0.2, -0.15) is 0 Å². The van der Waals surface area contributed by atoms with Gasteiger partial charge in [0.05, 0.1) is 8.07 Å². The predicted octanol–water partition coefficient (Wildman–Crippen LogP) is 2.19. The molecule has 34 heavy (non-hydrogen) atoms. The fraction of sp³-hybridized carbons (Fsp3) is 0.310. The molecule has 3 aromatic rings. The van der Waals surface area contributed by atoms with Crippen molar-refractivity contribution in [3.05, 3.63) is 93.5 Å². The van der Waals surface area contributed by atoms with E-state index in [1.54, 1.807) is 35.5 Å². The van der Waals surface area contributed by atoms with E-state index >= 15 is 0 Å². The summed E-state index contributed by atoms with van der Waals surface area (Å²) in [5, 5.41) is 1.60. The van der Waals surface area contributed by atoms with E-state index in [-0.39, 0.29) is 24.8 Å². The second-order valence-corrected chi connectivity index (χ2v) is 16.0. The number of rotatable bonds is 2. The molecule has 2 aromatic carbocycles. The molecule has 0 radical (unpaired) electrons. The summed E-state index contributed by atoms with van der Waals surface area (Å²) in [5.74, 6) is 2.31. The van der Waals surface area contributed by atoms with Gasteiger partial charge in [-0.25, -0.2) is 0 Å². The Morgan fingerprint density at radius 3 is 2.21 bits per heavy atom. The Morgan fingerprint density at radius 1 is 0.941 bits per heavy atom. The Morgan fingerprint density at radius 2 is 1.62 bits per heavy atom. The quantitative estimate of drug-likeness (QED) is 0.421. The van der Waals surface area contributed by atoms with Gasteiger partial charge >= 0.3 is 131 Å². The topological polar surface area (TPSA) is 13.1 Å². The minimum atomic E-state index is -1.10. The van der Waals surface area contributed by atoms with Gasteiger partial charge in [-0.1, -0.05) is 18.7 Å². The molecule has 175 valence electrons. The Kier molecular flexibility index (Phi) is 8.15. The molecule has 7 rings (SSSR count). The van der Waals surface area contributed by atoms with Gasteiger partial charge in [0, 0.05) is 11.1 Å². The third kappa shape index (κ3) is 4.21. The molecule has 2 bridgehead atoms. The Bertz CT molecular complexity index is 1280. The summed E-state index contributed by atoms with van der Waals surface area (Å²) in [5.41, 5.74) is 12.4. The molecule has 4 aliphatic rings. The van der Waals surface area contributed by atoms with Crippen LogP contribution in [0.5, 0.6) is 0 Å². The van der Waals surface area contributed by atoms with Crippen LogP contribution in [0.2, 0.25) is 13.1 Å². The summed E-state index contributed by atoms with van der Waals surface area (Å²) < 4.78 is 6.41. The van der Waals surface area contributed by atoms with Crippen LogP contribution < -0.4 is 24.8 Å². The first-order valence-corrected chi connectivity index (χ1v) is 16.2. The second-order valence-electron chi connectivity index (χ2n) is 10.0. The molecule has 0 saturated carbocycles. The number of aryl methyl sites for hydroxylation is 2. The third-order valence-corrected chi connectivity index (χ3v) is 13.5. The zero-order valence-corrected chi connectivity index (χ0v) is 25.7. The van der Waals surface area contributed by atoms with Crippen molar-refractivity contribution in [2.45, 2.75) is 56.4 Å².